The summed E-state index contributed by atoms with van der Waals surface area (Å²) >= 11 is 5.79. The number of nitrogens with zero attached hydrogens (tertiary/aromatic N) is 2. The molecule has 1 heterocycles. The van der Waals surface area contributed by atoms with Gasteiger partial charge in [0.25, 0.3) is 0 Å². The number of rotatable bonds is 7. The Balaban J connectivity index is 1.89. The first-order valence-corrected chi connectivity index (χ1v) is 9.24. The molecule has 0 saturated carbocycles. The predicted molar refractivity (Wildman–Crippen MR) is 92.5 cm³/mol. The number of amides is 1. The zero-order valence-corrected chi connectivity index (χ0v) is 14.9. The first-order chi connectivity index (χ1) is 11.3. The van der Waals surface area contributed by atoms with Gasteiger partial charge in [0.2, 0.25) is 15.9 Å². The summed E-state index contributed by atoms with van der Waals surface area (Å²) in [5, 5.41) is 7.16. The summed E-state index contributed by atoms with van der Waals surface area (Å²) in [5.74, 6) is 0.277. The zero-order valence-electron chi connectivity index (χ0n) is 13.4. The van der Waals surface area contributed by atoms with E-state index in [-0.39, 0.29) is 29.8 Å². The summed E-state index contributed by atoms with van der Waals surface area (Å²) in [6, 6.07) is 7.73. The second kappa shape index (κ2) is 7.78. The van der Waals surface area contributed by atoms with E-state index in [2.05, 4.69) is 15.1 Å². The molecule has 130 valence electrons. The van der Waals surface area contributed by atoms with E-state index in [9.17, 15) is 13.2 Å². The second-order valence-corrected chi connectivity index (χ2v) is 7.61. The number of carbonyl (C=O) groups is 1. The maximum atomic E-state index is 12.1. The Hall–Kier alpha value is -1.90. The van der Waals surface area contributed by atoms with Gasteiger partial charge in [-0.25, -0.2) is 17.8 Å². The molecule has 0 atom stereocenters. The van der Waals surface area contributed by atoms with Crippen LogP contribution in [0.5, 0.6) is 0 Å². The lowest BCUT2D eigenvalue weighted by atomic mass is 10.4. The first-order valence-electron chi connectivity index (χ1n) is 7.38. The van der Waals surface area contributed by atoms with Crippen LogP contribution in [0.2, 0.25) is 5.02 Å². The minimum absolute atomic E-state index is 0.00305. The van der Waals surface area contributed by atoms with E-state index in [1.807, 2.05) is 13.8 Å². The molecule has 1 aromatic heterocycles. The molecule has 1 aromatic carbocycles. The van der Waals surface area contributed by atoms with Crippen molar-refractivity contribution in [2.45, 2.75) is 31.2 Å². The quantitative estimate of drug-likeness (QED) is 0.782. The van der Waals surface area contributed by atoms with Gasteiger partial charge in [0.1, 0.15) is 5.82 Å². The number of hydrogen-bond acceptors (Lipinski definition) is 4. The summed E-state index contributed by atoms with van der Waals surface area (Å²) in [7, 11) is -3.69. The third kappa shape index (κ3) is 4.80. The van der Waals surface area contributed by atoms with E-state index in [1.54, 1.807) is 29.1 Å². The van der Waals surface area contributed by atoms with Gasteiger partial charge in [0.05, 0.1) is 11.1 Å². The van der Waals surface area contributed by atoms with Gasteiger partial charge in [0, 0.05) is 30.1 Å². The van der Waals surface area contributed by atoms with Gasteiger partial charge < -0.3 is 5.32 Å². The highest BCUT2D eigenvalue weighted by Crippen LogP contribution is 2.15. The molecule has 0 aliphatic heterocycles. The molecule has 0 aliphatic carbocycles. The molecule has 0 radical (unpaired) electrons. The Labute approximate surface area is 146 Å². The molecule has 0 unspecified atom stereocenters. The van der Waals surface area contributed by atoms with Crippen LogP contribution >= 0.6 is 11.6 Å². The summed E-state index contributed by atoms with van der Waals surface area (Å²) in [6.45, 7) is 3.88. The molecule has 0 aliphatic rings. The fourth-order valence-electron chi connectivity index (χ4n) is 2.05. The van der Waals surface area contributed by atoms with Crippen molar-refractivity contribution in [1.29, 1.82) is 0 Å². The van der Waals surface area contributed by atoms with Crippen LogP contribution in [0.25, 0.3) is 0 Å². The molecule has 1 amide bonds. The van der Waals surface area contributed by atoms with Crippen LogP contribution in [0.3, 0.4) is 0 Å². The fraction of sp³-hybridized carbons (Fsp3) is 0.333. The summed E-state index contributed by atoms with van der Waals surface area (Å²) in [5.41, 5.74) is 0. The van der Waals surface area contributed by atoms with Crippen LogP contribution in [0.1, 0.15) is 26.3 Å². The lowest BCUT2D eigenvalue weighted by molar-refractivity contribution is -0.116. The minimum atomic E-state index is -3.69. The molecule has 2 aromatic rings. The Morgan fingerprint density at radius 2 is 2.08 bits per heavy atom. The van der Waals surface area contributed by atoms with Crippen molar-refractivity contribution in [3.8, 4) is 0 Å². The number of anilines is 1. The van der Waals surface area contributed by atoms with Gasteiger partial charge in [-0.15, -0.1) is 0 Å². The summed E-state index contributed by atoms with van der Waals surface area (Å²) < 4.78 is 28.3. The average Bonchev–Trinajstić information content (AvgIpc) is 2.95. The molecule has 9 heteroatoms. The molecule has 24 heavy (non-hydrogen) atoms. The summed E-state index contributed by atoms with van der Waals surface area (Å²) in [4.78, 5) is 12.0. The van der Waals surface area contributed by atoms with Crippen molar-refractivity contribution in [3.05, 3.63) is 41.6 Å². The van der Waals surface area contributed by atoms with E-state index < -0.39 is 10.0 Å². The fourth-order valence-corrected chi connectivity index (χ4v) is 3.38. The Morgan fingerprint density at radius 1 is 1.33 bits per heavy atom. The third-order valence-corrected chi connectivity index (χ3v) is 4.87. The van der Waals surface area contributed by atoms with Crippen molar-refractivity contribution in [3.63, 3.8) is 0 Å². The van der Waals surface area contributed by atoms with Crippen LogP contribution in [0, 0.1) is 0 Å². The van der Waals surface area contributed by atoms with E-state index >= 15 is 0 Å². The number of halogens is 1. The SMILES string of the molecule is CC(C)n1nccc1NC(=O)CCNS(=O)(=O)c1cccc(Cl)c1. The van der Waals surface area contributed by atoms with Crippen LogP contribution in [-0.4, -0.2) is 30.7 Å². The number of sulfonamides is 1. The van der Waals surface area contributed by atoms with Gasteiger partial charge in [-0.05, 0) is 32.0 Å². The Morgan fingerprint density at radius 3 is 2.75 bits per heavy atom. The zero-order chi connectivity index (χ0) is 17.7. The topological polar surface area (TPSA) is 93.1 Å². The largest absolute Gasteiger partial charge is 0.311 e. The van der Waals surface area contributed by atoms with E-state index in [1.165, 1.54) is 12.1 Å². The van der Waals surface area contributed by atoms with E-state index in [0.29, 0.717) is 10.8 Å². The highest BCUT2D eigenvalue weighted by molar-refractivity contribution is 7.89. The molecule has 2 rings (SSSR count). The van der Waals surface area contributed by atoms with Gasteiger partial charge in [0.15, 0.2) is 0 Å². The Bertz CT molecular complexity index is 818. The molecule has 0 saturated heterocycles. The number of nitrogens with one attached hydrogen (secondary N) is 2. The van der Waals surface area contributed by atoms with Crippen LogP contribution in [0.4, 0.5) is 5.82 Å². The molecule has 0 fully saturated rings. The van der Waals surface area contributed by atoms with Gasteiger partial charge in [-0.2, -0.15) is 5.10 Å². The predicted octanol–water partition coefficient (Wildman–Crippen LogP) is 2.42. The van der Waals surface area contributed by atoms with Crippen molar-refractivity contribution < 1.29 is 13.2 Å². The first kappa shape index (κ1) is 18.4. The standard InChI is InChI=1S/C15H19ClN4O3S/c1-11(2)20-14(6-8-17-20)19-15(21)7-9-18-24(22,23)13-5-3-4-12(16)10-13/h3-6,8,10-11,18H,7,9H2,1-2H3,(H,19,21). The molecule has 2 N–H and O–H groups in total. The van der Waals surface area contributed by atoms with E-state index in [4.69, 9.17) is 11.6 Å². The monoisotopic (exact) mass is 370 g/mol. The minimum Gasteiger partial charge on any atom is -0.311 e. The van der Waals surface area contributed by atoms with Crippen LogP contribution in [0.15, 0.2) is 41.4 Å². The molecule has 0 spiro atoms. The van der Waals surface area contributed by atoms with Crippen LogP contribution in [-0.2, 0) is 14.8 Å². The molecular formula is C15H19ClN4O3S. The third-order valence-electron chi connectivity index (χ3n) is 3.18. The van der Waals surface area contributed by atoms with Gasteiger partial charge >= 0.3 is 0 Å². The van der Waals surface area contributed by atoms with Crippen molar-refractivity contribution in [2.24, 2.45) is 0 Å². The number of carbonyl (C=O) groups excluding carboxylic acids is 1. The number of aromatic nitrogens is 2. The smallest absolute Gasteiger partial charge is 0.240 e. The molecule has 0 bridgehead atoms. The maximum Gasteiger partial charge on any atom is 0.240 e. The van der Waals surface area contributed by atoms with Gasteiger partial charge in [-0.3, -0.25) is 4.79 Å². The highest BCUT2D eigenvalue weighted by atomic mass is 35.5. The number of hydrogen-bond donors (Lipinski definition) is 2. The normalized spacial score (nSPS) is 11.7. The van der Waals surface area contributed by atoms with Crippen molar-refractivity contribution >= 4 is 33.3 Å². The number of benzene rings is 1. The Kier molecular flexibility index (Phi) is 5.98. The van der Waals surface area contributed by atoms with Crippen molar-refractivity contribution in [2.75, 3.05) is 11.9 Å². The lowest BCUT2D eigenvalue weighted by Gasteiger charge is -2.12. The lowest BCUT2D eigenvalue weighted by Crippen LogP contribution is -2.28. The second-order valence-electron chi connectivity index (χ2n) is 5.41. The van der Waals surface area contributed by atoms with Crippen molar-refractivity contribution in [1.82, 2.24) is 14.5 Å². The molecular weight excluding hydrogens is 352 g/mol. The molecule has 7 nitrogen and oxygen atoms in total. The highest BCUT2D eigenvalue weighted by Gasteiger charge is 2.15. The average molecular weight is 371 g/mol. The van der Waals surface area contributed by atoms with Gasteiger partial charge in [-0.1, -0.05) is 17.7 Å². The van der Waals surface area contributed by atoms with E-state index in [0.717, 1.165) is 0 Å². The maximum absolute atomic E-state index is 12.1. The van der Waals surface area contributed by atoms with Crippen LogP contribution < -0.4 is 10.0 Å². The summed E-state index contributed by atoms with van der Waals surface area (Å²) in [6.07, 6.45) is 1.60.